The predicted octanol–water partition coefficient (Wildman–Crippen LogP) is 12.4. The maximum atomic E-state index is 7.12. The summed E-state index contributed by atoms with van der Waals surface area (Å²) in [6.45, 7) is 5.10. The lowest BCUT2D eigenvalue weighted by Gasteiger charge is -2.21. The lowest BCUT2D eigenvalue weighted by atomic mass is 10.1. The zero-order valence-corrected chi connectivity index (χ0v) is 30.5. The molecule has 11 rings (SSSR count). The van der Waals surface area contributed by atoms with Crippen LogP contribution in [-0.4, -0.2) is 9.13 Å². The second-order valence-electron chi connectivity index (χ2n) is 14.5. The smallest absolute Gasteiger partial charge is 0.213 e. The molecule has 5 nitrogen and oxygen atoms in total. The molecule has 1 aliphatic rings. The van der Waals surface area contributed by atoms with Gasteiger partial charge in [-0.1, -0.05) is 84.9 Å². The van der Waals surface area contributed by atoms with Crippen LogP contribution in [0.3, 0.4) is 0 Å². The molecule has 0 unspecified atom stereocenters. The fourth-order valence-electron chi connectivity index (χ4n) is 8.66. The molecule has 0 N–H and O–H groups in total. The van der Waals surface area contributed by atoms with Crippen LogP contribution in [0.15, 0.2) is 170 Å². The van der Waals surface area contributed by atoms with Gasteiger partial charge in [-0.15, -0.1) is 0 Å². The maximum absolute atomic E-state index is 7.12. The predicted molar refractivity (Wildman–Crippen MR) is 222 cm³/mol. The van der Waals surface area contributed by atoms with Crippen LogP contribution in [0.1, 0.15) is 16.7 Å². The Bertz CT molecular complexity index is 3060. The monoisotopic (exact) mass is 710 g/mol. The molecule has 3 aromatic heterocycles. The lowest BCUT2D eigenvalue weighted by Crippen LogP contribution is -2.31. The summed E-state index contributed by atoms with van der Waals surface area (Å²) in [4.78, 5) is 0. The van der Waals surface area contributed by atoms with Gasteiger partial charge in [0.15, 0.2) is 24.2 Å². The van der Waals surface area contributed by atoms with E-state index in [0.29, 0.717) is 0 Å². The van der Waals surface area contributed by atoms with Crippen LogP contribution in [-0.2, 0) is 6.54 Å². The van der Waals surface area contributed by atoms with Crippen molar-refractivity contribution >= 4 is 43.6 Å². The van der Waals surface area contributed by atoms with Gasteiger partial charge < -0.3 is 18.6 Å². The van der Waals surface area contributed by atoms with E-state index in [1.54, 1.807) is 0 Å². The number of para-hydroxylation sites is 5. The van der Waals surface area contributed by atoms with Gasteiger partial charge in [0.1, 0.15) is 11.5 Å². The summed E-state index contributed by atoms with van der Waals surface area (Å²) in [6.07, 6.45) is 2.14. The van der Waals surface area contributed by atoms with Crippen LogP contribution in [0.4, 0.5) is 0 Å². The number of hydrogen-bond donors (Lipinski definition) is 0. The van der Waals surface area contributed by atoms with Crippen LogP contribution in [0.5, 0.6) is 23.0 Å². The van der Waals surface area contributed by atoms with E-state index in [0.717, 1.165) is 74.1 Å². The highest BCUT2D eigenvalue weighted by Gasteiger charge is 2.27. The summed E-state index contributed by atoms with van der Waals surface area (Å²) in [5.74, 6) is 3.12. The molecule has 262 valence electrons. The van der Waals surface area contributed by atoms with Crippen molar-refractivity contribution in [3.05, 3.63) is 187 Å². The van der Waals surface area contributed by atoms with E-state index in [4.69, 9.17) is 9.47 Å². The minimum Gasteiger partial charge on any atom is -0.455 e. The molecular formula is C50H36N3O2+. The third-order valence-electron chi connectivity index (χ3n) is 11.1. The average Bonchev–Trinajstić information content (AvgIpc) is 3.87. The molecule has 55 heavy (non-hydrogen) atoms. The Hall–Kier alpha value is -7.11. The number of aryl methyl sites for hydroxylation is 2. The molecule has 0 radical (unpaired) electrons. The van der Waals surface area contributed by atoms with Crippen LogP contribution in [0.25, 0.3) is 66.2 Å². The molecule has 0 fully saturated rings. The molecule has 0 amide bonds. The molecule has 0 spiro atoms. The Balaban J connectivity index is 1.11. The zero-order valence-electron chi connectivity index (χ0n) is 30.5. The van der Waals surface area contributed by atoms with E-state index < -0.39 is 0 Å². The van der Waals surface area contributed by atoms with Crippen molar-refractivity contribution in [2.24, 2.45) is 0 Å². The lowest BCUT2D eigenvalue weighted by molar-refractivity contribution is -0.672. The Morgan fingerprint density at radius 1 is 0.455 bits per heavy atom. The standard InChI is InChI=1S/C50H36N3O2/c1-32-14-13-24-47(52-43-20-7-3-15-37(43)38-16-4-8-21-44(38)52)49(32)55-36-28-33(2)50(54-35-26-25-34-31-51-27-12-11-19-42(51)41(34)29-35)48(30-36)53-45-22-9-5-17-39(45)40-18-6-10-23-46(40)53/h3-30H,31H2,1-2H3/q+1. The van der Waals surface area contributed by atoms with Crippen molar-refractivity contribution < 1.29 is 14.0 Å². The van der Waals surface area contributed by atoms with Crippen LogP contribution >= 0.6 is 0 Å². The third kappa shape index (κ3) is 4.90. The Labute approximate surface area is 318 Å². The Morgan fingerprint density at radius 3 is 1.64 bits per heavy atom. The highest BCUT2D eigenvalue weighted by atomic mass is 16.5. The van der Waals surface area contributed by atoms with Gasteiger partial charge in [0, 0.05) is 45.3 Å². The quantitative estimate of drug-likeness (QED) is 0.161. The van der Waals surface area contributed by atoms with E-state index in [1.165, 1.54) is 38.4 Å². The Morgan fingerprint density at radius 2 is 1.00 bits per heavy atom. The molecule has 10 aromatic rings. The van der Waals surface area contributed by atoms with Crippen molar-refractivity contribution in [2.45, 2.75) is 20.4 Å². The van der Waals surface area contributed by atoms with Gasteiger partial charge in [0.25, 0.3) is 0 Å². The van der Waals surface area contributed by atoms with Gasteiger partial charge in [-0.25, -0.2) is 0 Å². The van der Waals surface area contributed by atoms with E-state index in [9.17, 15) is 0 Å². The molecule has 5 heteroatoms. The van der Waals surface area contributed by atoms with Crippen molar-refractivity contribution in [1.82, 2.24) is 9.13 Å². The van der Waals surface area contributed by atoms with E-state index in [1.807, 2.05) is 0 Å². The molecule has 4 heterocycles. The van der Waals surface area contributed by atoms with E-state index in [-0.39, 0.29) is 0 Å². The summed E-state index contributed by atoms with van der Waals surface area (Å²) < 4.78 is 21.1. The number of ether oxygens (including phenoxy) is 2. The average molecular weight is 711 g/mol. The van der Waals surface area contributed by atoms with E-state index in [2.05, 4.69) is 198 Å². The number of pyridine rings is 1. The molecule has 0 atom stereocenters. The SMILES string of the molecule is Cc1cccc(-n2c3ccccc3c3ccccc32)c1Oc1cc(C)c(Oc2ccc3c(c2)-c2cccc[n+]2C3)c(-n2c3ccccc3c3ccccc32)c1. The third-order valence-corrected chi connectivity index (χ3v) is 11.1. The first-order chi connectivity index (χ1) is 27.1. The summed E-state index contributed by atoms with van der Waals surface area (Å²) in [5.41, 5.74) is 12.1. The van der Waals surface area contributed by atoms with Crippen LogP contribution < -0.4 is 14.0 Å². The highest BCUT2D eigenvalue weighted by molar-refractivity contribution is 6.10. The molecule has 1 aliphatic heterocycles. The molecule has 7 aromatic carbocycles. The number of hydrogen-bond acceptors (Lipinski definition) is 2. The van der Waals surface area contributed by atoms with E-state index >= 15 is 0 Å². The normalized spacial score (nSPS) is 12.1. The summed E-state index contributed by atoms with van der Waals surface area (Å²) >= 11 is 0. The summed E-state index contributed by atoms with van der Waals surface area (Å²) in [6, 6.07) is 57.8. The van der Waals surface area contributed by atoms with Crippen molar-refractivity contribution in [1.29, 1.82) is 0 Å². The van der Waals surface area contributed by atoms with Gasteiger partial charge in [0.05, 0.1) is 39.0 Å². The first-order valence-corrected chi connectivity index (χ1v) is 18.8. The first-order valence-electron chi connectivity index (χ1n) is 18.8. The second kappa shape index (κ2) is 12.2. The van der Waals surface area contributed by atoms with Crippen molar-refractivity contribution in [2.75, 3.05) is 0 Å². The number of nitrogens with zero attached hydrogens (tertiary/aromatic N) is 3. The molecule has 0 bridgehead atoms. The number of fused-ring (bicyclic) bond motifs is 9. The summed E-state index contributed by atoms with van der Waals surface area (Å²) in [7, 11) is 0. The zero-order chi connectivity index (χ0) is 36.6. The van der Waals surface area contributed by atoms with Gasteiger partial charge >= 0.3 is 0 Å². The van der Waals surface area contributed by atoms with Crippen LogP contribution in [0, 0.1) is 13.8 Å². The molecule has 0 aliphatic carbocycles. The van der Waals surface area contributed by atoms with Crippen molar-refractivity contribution in [3.8, 4) is 45.6 Å². The number of benzene rings is 7. The van der Waals surface area contributed by atoms with Crippen molar-refractivity contribution in [3.63, 3.8) is 0 Å². The topological polar surface area (TPSA) is 32.2 Å². The first kappa shape index (κ1) is 31.4. The van der Waals surface area contributed by atoms with Crippen LogP contribution in [0.2, 0.25) is 0 Å². The minimum absolute atomic E-state index is 0.734. The highest BCUT2D eigenvalue weighted by Crippen LogP contribution is 2.44. The van der Waals surface area contributed by atoms with Gasteiger partial charge in [-0.05, 0) is 85.6 Å². The molecule has 0 saturated carbocycles. The molecular weight excluding hydrogens is 675 g/mol. The number of aromatic nitrogens is 3. The fraction of sp³-hybridized carbons (Fsp3) is 0.0600. The van der Waals surface area contributed by atoms with Gasteiger partial charge in [-0.3, -0.25) is 0 Å². The van der Waals surface area contributed by atoms with Gasteiger partial charge in [-0.2, -0.15) is 4.57 Å². The van der Waals surface area contributed by atoms with Gasteiger partial charge in [0.2, 0.25) is 5.69 Å². The maximum Gasteiger partial charge on any atom is 0.213 e. The minimum atomic E-state index is 0.734. The summed E-state index contributed by atoms with van der Waals surface area (Å²) in [5, 5.41) is 4.80. The number of rotatable bonds is 6. The Kier molecular flexibility index (Phi) is 6.98. The second-order valence-corrected chi connectivity index (χ2v) is 14.5. The molecule has 0 saturated heterocycles. The largest absolute Gasteiger partial charge is 0.455 e. The fourth-order valence-corrected chi connectivity index (χ4v) is 8.66.